The smallest absolute Gasteiger partial charge is 0.300 e. The molecule has 0 aliphatic carbocycles. The maximum Gasteiger partial charge on any atom is 0.300 e. The van der Waals surface area contributed by atoms with Gasteiger partial charge < -0.3 is 9.84 Å². The van der Waals surface area contributed by atoms with Crippen molar-refractivity contribution in [3.63, 3.8) is 0 Å². The first-order valence-electron chi connectivity index (χ1n) is 10.2. The monoisotopic (exact) mass is 431 g/mol. The summed E-state index contributed by atoms with van der Waals surface area (Å²) in [7, 11) is 0. The Labute approximate surface area is 184 Å². The van der Waals surface area contributed by atoms with Gasteiger partial charge >= 0.3 is 0 Å². The van der Waals surface area contributed by atoms with E-state index in [9.17, 15) is 14.7 Å². The Morgan fingerprint density at radius 2 is 1.94 bits per heavy atom. The van der Waals surface area contributed by atoms with Crippen molar-refractivity contribution in [2.75, 3.05) is 11.5 Å². The topological polar surface area (TPSA) is 66.8 Å². The fourth-order valence-corrected chi connectivity index (χ4v) is 5.29. The molecule has 0 saturated carbocycles. The lowest BCUT2D eigenvalue weighted by atomic mass is 9.96. The second-order valence-corrected chi connectivity index (χ2v) is 8.69. The van der Waals surface area contributed by atoms with Gasteiger partial charge in [0.2, 0.25) is 0 Å². The number of amides is 1. The normalized spacial score (nSPS) is 19.9. The molecule has 3 heterocycles. The number of rotatable bonds is 3. The van der Waals surface area contributed by atoms with E-state index in [0.29, 0.717) is 17.9 Å². The minimum atomic E-state index is -0.673. The van der Waals surface area contributed by atoms with Crippen molar-refractivity contribution < 1.29 is 19.4 Å². The number of hydrogen-bond donors (Lipinski definition) is 1. The van der Waals surface area contributed by atoms with E-state index in [4.69, 9.17) is 4.74 Å². The molecular weight excluding hydrogens is 410 g/mol. The molecule has 0 spiro atoms. The van der Waals surface area contributed by atoms with Gasteiger partial charge in [-0.25, -0.2) is 0 Å². The van der Waals surface area contributed by atoms with Crippen LogP contribution in [0.25, 0.3) is 5.76 Å². The first-order valence-corrected chi connectivity index (χ1v) is 11.1. The zero-order chi connectivity index (χ0) is 21.5. The number of aryl methyl sites for hydroxylation is 2. The van der Waals surface area contributed by atoms with Gasteiger partial charge in [-0.3, -0.25) is 14.5 Å². The zero-order valence-electron chi connectivity index (χ0n) is 17.0. The number of aliphatic hydroxyl groups is 1. The first-order chi connectivity index (χ1) is 15.1. The number of para-hydroxylation sites is 1. The van der Waals surface area contributed by atoms with E-state index in [-0.39, 0.29) is 11.3 Å². The van der Waals surface area contributed by atoms with Gasteiger partial charge in [0, 0.05) is 16.1 Å². The minimum absolute atomic E-state index is 0.121. The fraction of sp³-hybridized carbons (Fsp3) is 0.200. The van der Waals surface area contributed by atoms with Crippen LogP contribution in [-0.4, -0.2) is 23.4 Å². The summed E-state index contributed by atoms with van der Waals surface area (Å²) >= 11 is 1.48. The number of benzene rings is 2. The van der Waals surface area contributed by atoms with Crippen LogP contribution in [0.5, 0.6) is 5.75 Å². The summed E-state index contributed by atoms with van der Waals surface area (Å²) in [5.74, 6) is -0.652. The molecule has 2 aromatic carbocycles. The highest BCUT2D eigenvalue weighted by Crippen LogP contribution is 2.45. The van der Waals surface area contributed by atoms with Crippen molar-refractivity contribution in [2.45, 2.75) is 25.8 Å². The number of nitrogens with zero attached hydrogens (tertiary/aromatic N) is 1. The van der Waals surface area contributed by atoms with Gasteiger partial charge in [-0.2, -0.15) is 0 Å². The summed E-state index contributed by atoms with van der Waals surface area (Å²) in [6, 6.07) is 15.8. The lowest BCUT2D eigenvalue weighted by molar-refractivity contribution is -0.132. The number of thiophene rings is 1. The molecule has 5 nitrogen and oxygen atoms in total. The number of fused-ring (bicyclic) bond motifs is 1. The predicted octanol–water partition coefficient (Wildman–Crippen LogP) is 5.01. The van der Waals surface area contributed by atoms with Crippen molar-refractivity contribution in [2.24, 2.45) is 0 Å². The largest absolute Gasteiger partial charge is 0.507 e. The van der Waals surface area contributed by atoms with Crippen LogP contribution in [0, 0.1) is 6.92 Å². The van der Waals surface area contributed by atoms with E-state index >= 15 is 0 Å². The number of hydrogen-bond acceptors (Lipinski definition) is 5. The maximum absolute atomic E-state index is 13.2. The molecule has 1 aromatic heterocycles. The van der Waals surface area contributed by atoms with Crippen LogP contribution in [0.4, 0.5) is 5.69 Å². The molecule has 2 aliphatic heterocycles. The molecule has 1 atom stereocenters. The number of anilines is 1. The summed E-state index contributed by atoms with van der Waals surface area (Å²) in [5.41, 5.74) is 3.24. The quantitative estimate of drug-likeness (QED) is 0.360. The van der Waals surface area contributed by atoms with Crippen LogP contribution in [0.2, 0.25) is 0 Å². The Kier molecular flexibility index (Phi) is 4.87. The minimum Gasteiger partial charge on any atom is -0.507 e. The fourth-order valence-electron chi connectivity index (χ4n) is 4.26. The van der Waals surface area contributed by atoms with Gasteiger partial charge in [-0.1, -0.05) is 18.2 Å². The van der Waals surface area contributed by atoms with Gasteiger partial charge in [0.05, 0.1) is 12.2 Å². The first kappa shape index (κ1) is 19.6. The van der Waals surface area contributed by atoms with Crippen LogP contribution in [0.1, 0.15) is 34.0 Å². The number of carbonyl (C=O) groups is 2. The molecule has 0 radical (unpaired) electrons. The summed E-state index contributed by atoms with van der Waals surface area (Å²) in [5, 5.41) is 13.2. The van der Waals surface area contributed by atoms with Crippen LogP contribution in [0.15, 0.2) is 65.6 Å². The lowest BCUT2D eigenvalue weighted by Crippen LogP contribution is -2.29. The van der Waals surface area contributed by atoms with Crippen LogP contribution in [-0.2, 0) is 16.0 Å². The zero-order valence-corrected chi connectivity index (χ0v) is 17.8. The summed E-state index contributed by atoms with van der Waals surface area (Å²) in [6.07, 6.45) is 1.76. The van der Waals surface area contributed by atoms with E-state index in [2.05, 4.69) is 0 Å². The molecule has 1 saturated heterocycles. The van der Waals surface area contributed by atoms with E-state index in [1.54, 1.807) is 18.2 Å². The summed E-state index contributed by atoms with van der Waals surface area (Å²) in [6.45, 7) is 2.63. The third-order valence-corrected chi connectivity index (χ3v) is 6.88. The van der Waals surface area contributed by atoms with Crippen LogP contribution < -0.4 is 9.64 Å². The Balaban J connectivity index is 1.70. The molecule has 1 N–H and O–H groups in total. The Bertz CT molecular complexity index is 1210. The average molecular weight is 432 g/mol. The van der Waals surface area contributed by atoms with Gasteiger partial charge in [0.25, 0.3) is 11.7 Å². The van der Waals surface area contributed by atoms with Crippen molar-refractivity contribution >= 4 is 34.5 Å². The Morgan fingerprint density at radius 3 is 2.68 bits per heavy atom. The van der Waals surface area contributed by atoms with Crippen LogP contribution >= 0.6 is 11.3 Å². The van der Waals surface area contributed by atoms with E-state index in [0.717, 1.165) is 34.6 Å². The molecule has 156 valence electrons. The highest BCUT2D eigenvalue weighted by Gasteiger charge is 2.47. The molecule has 0 bridgehead atoms. The third-order valence-electron chi connectivity index (χ3n) is 5.81. The standard InChI is InChI=1S/C25H21NO4S/c1-15-11-13-31-24(15)21-20(23(28)25(29)26(21)18-7-3-2-4-8-18)22(27)17-9-10-19-16(14-17)6-5-12-30-19/h2-4,7-11,13-14,21,27H,5-6,12H2,1H3/b22-20-. The van der Waals surface area contributed by atoms with Gasteiger partial charge in [-0.15, -0.1) is 11.3 Å². The molecule has 2 aliphatic rings. The number of carbonyl (C=O) groups excluding carboxylic acids is 2. The SMILES string of the molecule is Cc1ccsc1C1/C(=C(/O)c2ccc3c(c2)CCCO3)C(=O)C(=O)N1c1ccccc1. The van der Waals surface area contributed by atoms with E-state index in [1.807, 2.05) is 48.7 Å². The molecule has 31 heavy (non-hydrogen) atoms. The number of ether oxygens (including phenoxy) is 1. The van der Waals surface area contributed by atoms with E-state index < -0.39 is 17.7 Å². The molecule has 1 fully saturated rings. The highest BCUT2D eigenvalue weighted by atomic mass is 32.1. The van der Waals surface area contributed by atoms with Crippen molar-refractivity contribution in [3.05, 3.63) is 87.1 Å². The molecular formula is C25H21NO4S. The third kappa shape index (κ3) is 3.24. The predicted molar refractivity (Wildman–Crippen MR) is 121 cm³/mol. The number of Topliss-reactive ketones (excluding diaryl/α,β-unsaturated/α-hetero) is 1. The number of aliphatic hydroxyl groups excluding tert-OH is 1. The van der Waals surface area contributed by atoms with Gasteiger partial charge in [0.15, 0.2) is 0 Å². The molecule has 1 unspecified atom stereocenters. The highest BCUT2D eigenvalue weighted by molar-refractivity contribution is 7.10. The maximum atomic E-state index is 13.2. The van der Waals surface area contributed by atoms with Crippen LogP contribution in [0.3, 0.4) is 0 Å². The second kappa shape index (κ2) is 7.71. The van der Waals surface area contributed by atoms with Crippen molar-refractivity contribution in [1.29, 1.82) is 0 Å². The molecule has 1 amide bonds. The Morgan fingerprint density at radius 1 is 1.13 bits per heavy atom. The summed E-state index contributed by atoms with van der Waals surface area (Å²) in [4.78, 5) is 28.7. The molecule has 5 rings (SSSR count). The Hall–Kier alpha value is -3.38. The van der Waals surface area contributed by atoms with E-state index in [1.165, 1.54) is 16.2 Å². The average Bonchev–Trinajstić information content (AvgIpc) is 3.34. The van der Waals surface area contributed by atoms with Crippen molar-refractivity contribution in [1.82, 2.24) is 0 Å². The van der Waals surface area contributed by atoms with Crippen molar-refractivity contribution in [3.8, 4) is 5.75 Å². The summed E-state index contributed by atoms with van der Waals surface area (Å²) < 4.78 is 5.67. The number of ketones is 1. The molecule has 6 heteroatoms. The van der Waals surface area contributed by atoms with Gasteiger partial charge in [0.1, 0.15) is 17.6 Å². The van der Waals surface area contributed by atoms with Gasteiger partial charge in [-0.05, 0) is 72.7 Å². The lowest BCUT2D eigenvalue weighted by Gasteiger charge is -2.25. The molecule has 3 aromatic rings. The second-order valence-electron chi connectivity index (χ2n) is 7.75.